The molecule has 1 aromatic heterocycles. The van der Waals surface area contributed by atoms with Gasteiger partial charge in [0, 0.05) is 42.6 Å². The summed E-state index contributed by atoms with van der Waals surface area (Å²) in [6.45, 7) is 8.82. The molecule has 200 valence electrons. The largest absolute Gasteiger partial charge is 0.313 e. The van der Waals surface area contributed by atoms with Crippen LogP contribution >= 0.6 is 0 Å². The van der Waals surface area contributed by atoms with Gasteiger partial charge in [-0.2, -0.15) is 0 Å². The summed E-state index contributed by atoms with van der Waals surface area (Å²) in [5, 5.41) is 6.05. The molecule has 3 nitrogen and oxygen atoms in total. The van der Waals surface area contributed by atoms with Gasteiger partial charge in [-0.15, -0.1) is 0 Å². The number of unbranched alkanes of at least 4 members (excludes halogenated alkanes) is 1. The van der Waals surface area contributed by atoms with E-state index >= 15 is 0 Å². The fraction of sp³-hybridized carbons (Fsp3) is 0.333. The minimum absolute atomic E-state index is 0.521. The highest BCUT2D eigenvalue weighted by Crippen LogP contribution is 2.19. The second-order valence-electron chi connectivity index (χ2n) is 9.53. The number of nitrogens with one attached hydrogen (secondary N) is 1. The predicted molar refractivity (Wildman–Crippen MR) is 156 cm³/mol. The summed E-state index contributed by atoms with van der Waals surface area (Å²) in [6.07, 6.45) is 9.47. The van der Waals surface area contributed by atoms with Gasteiger partial charge in [0.15, 0.2) is 0 Å². The molecule has 4 aromatic rings. The molecule has 0 aliphatic heterocycles. The van der Waals surface area contributed by atoms with E-state index in [0.29, 0.717) is 5.56 Å². The minimum atomic E-state index is -0.521. The van der Waals surface area contributed by atoms with E-state index in [0.717, 1.165) is 50.5 Å². The van der Waals surface area contributed by atoms with Gasteiger partial charge in [0.25, 0.3) is 0 Å². The number of hydrogen-bond acceptors (Lipinski definition) is 3. The number of hydrogen-bond donors (Lipinski definition) is 1. The Morgan fingerprint density at radius 3 is 2.42 bits per heavy atom. The van der Waals surface area contributed by atoms with E-state index in [1.54, 1.807) is 6.92 Å². The van der Waals surface area contributed by atoms with Crippen molar-refractivity contribution in [1.82, 2.24) is 10.3 Å². The number of rotatable bonds is 11. The smallest absolute Gasteiger partial charge is 0.126 e. The van der Waals surface area contributed by atoms with Crippen LogP contribution in [0.4, 0.5) is 8.78 Å². The first-order valence-corrected chi connectivity index (χ1v) is 13.6. The highest BCUT2D eigenvalue weighted by Gasteiger charge is 2.03. The van der Waals surface area contributed by atoms with Gasteiger partial charge in [0.2, 0.25) is 0 Å². The van der Waals surface area contributed by atoms with Crippen molar-refractivity contribution in [3.63, 3.8) is 0 Å². The molecule has 0 saturated carbocycles. The van der Waals surface area contributed by atoms with Crippen molar-refractivity contribution < 1.29 is 8.78 Å². The Morgan fingerprint density at radius 2 is 1.68 bits per heavy atom. The molecule has 0 aliphatic carbocycles. The monoisotopic (exact) mass is 515 g/mol. The number of halogens is 2. The van der Waals surface area contributed by atoms with Crippen molar-refractivity contribution in [2.75, 3.05) is 13.1 Å². The summed E-state index contributed by atoms with van der Waals surface area (Å²) in [5.41, 5.74) is 5.73. The van der Waals surface area contributed by atoms with Crippen LogP contribution in [0.25, 0.3) is 10.8 Å². The van der Waals surface area contributed by atoms with Crippen molar-refractivity contribution in [3.05, 3.63) is 113 Å². The first-order valence-electron chi connectivity index (χ1n) is 13.6. The van der Waals surface area contributed by atoms with E-state index in [9.17, 15) is 8.78 Å². The molecule has 0 bridgehead atoms. The summed E-state index contributed by atoms with van der Waals surface area (Å²) < 4.78 is 24.4. The Labute approximate surface area is 226 Å². The van der Waals surface area contributed by atoms with Gasteiger partial charge in [-0.1, -0.05) is 56.7 Å². The van der Waals surface area contributed by atoms with E-state index < -0.39 is 11.6 Å². The van der Waals surface area contributed by atoms with Crippen molar-refractivity contribution in [3.8, 4) is 0 Å². The molecular weight excluding hydrogens is 476 g/mol. The number of fused-ring (bicyclic) bond motifs is 1. The topological polar surface area (TPSA) is 37.3 Å². The standard InChI is InChI=1S/C26H33N3.C7H6F2/c1-3-5-10-26-25-18-23(11-12-24(25)13-16-29-26)20-28-15-7-14-27-19-22-9-6-8-21(4-2)17-22;1-5-2-6(8)4-7(9)3-5/h6,8-9,11-13,16-18,20,27H,3-5,7,10,14-15,19H2,1-2H3;2-4H,1H3. The molecule has 4 rings (SSSR count). The first kappa shape index (κ1) is 29.1. The van der Waals surface area contributed by atoms with Crippen molar-refractivity contribution in [2.45, 2.75) is 59.4 Å². The zero-order valence-electron chi connectivity index (χ0n) is 22.8. The van der Waals surface area contributed by atoms with Gasteiger partial charge < -0.3 is 5.32 Å². The number of nitrogens with zero attached hydrogens (tertiary/aromatic N) is 2. The molecule has 0 radical (unpaired) electrons. The summed E-state index contributed by atoms with van der Waals surface area (Å²) in [7, 11) is 0. The average Bonchev–Trinajstić information content (AvgIpc) is 2.91. The fourth-order valence-electron chi connectivity index (χ4n) is 4.22. The van der Waals surface area contributed by atoms with Gasteiger partial charge in [-0.3, -0.25) is 9.98 Å². The Balaban J connectivity index is 0.000000375. The fourth-order valence-corrected chi connectivity index (χ4v) is 4.22. The molecule has 0 fully saturated rings. The molecule has 3 aromatic carbocycles. The maximum Gasteiger partial charge on any atom is 0.126 e. The molecule has 1 heterocycles. The number of aliphatic imine (C=N–C) groups is 1. The maximum atomic E-state index is 12.2. The molecule has 0 amide bonds. The lowest BCUT2D eigenvalue weighted by Gasteiger charge is -2.06. The summed E-state index contributed by atoms with van der Waals surface area (Å²) in [5.74, 6) is -1.04. The normalized spacial score (nSPS) is 11.1. The van der Waals surface area contributed by atoms with E-state index in [4.69, 9.17) is 0 Å². The number of aryl methyl sites for hydroxylation is 3. The average molecular weight is 516 g/mol. The van der Waals surface area contributed by atoms with E-state index in [-0.39, 0.29) is 0 Å². The lowest BCUT2D eigenvalue weighted by Crippen LogP contribution is -2.15. The lowest BCUT2D eigenvalue weighted by molar-refractivity contribution is 0.581. The molecule has 0 atom stereocenters. The van der Waals surface area contributed by atoms with Gasteiger partial charge in [-0.25, -0.2) is 8.78 Å². The summed E-state index contributed by atoms with van der Waals surface area (Å²) in [6, 6.07) is 20.9. The second kappa shape index (κ2) is 15.7. The summed E-state index contributed by atoms with van der Waals surface area (Å²) >= 11 is 0. The Hall–Kier alpha value is -3.44. The van der Waals surface area contributed by atoms with Crippen LogP contribution in [0, 0.1) is 18.6 Å². The van der Waals surface area contributed by atoms with Gasteiger partial charge >= 0.3 is 0 Å². The third-order valence-corrected chi connectivity index (χ3v) is 6.26. The Morgan fingerprint density at radius 1 is 0.895 bits per heavy atom. The molecule has 5 heteroatoms. The molecule has 38 heavy (non-hydrogen) atoms. The van der Waals surface area contributed by atoms with Crippen LogP contribution in [-0.2, 0) is 19.4 Å². The first-order chi connectivity index (χ1) is 18.5. The second-order valence-corrected chi connectivity index (χ2v) is 9.53. The SMILES string of the molecule is CCCCc1nccc2ccc(C=NCCCNCc3cccc(CC)c3)cc12.Cc1cc(F)cc(F)c1. The van der Waals surface area contributed by atoms with Gasteiger partial charge in [0.1, 0.15) is 11.6 Å². The van der Waals surface area contributed by atoms with Crippen LogP contribution in [0.1, 0.15) is 61.1 Å². The Bertz CT molecular complexity index is 1270. The minimum Gasteiger partial charge on any atom is -0.313 e. The van der Waals surface area contributed by atoms with Crippen molar-refractivity contribution in [1.29, 1.82) is 0 Å². The molecular formula is C33H39F2N3. The predicted octanol–water partition coefficient (Wildman–Crippen LogP) is 8.01. The van der Waals surface area contributed by atoms with Gasteiger partial charge in [0.05, 0.1) is 0 Å². The highest BCUT2D eigenvalue weighted by molar-refractivity contribution is 5.91. The number of benzene rings is 3. The van der Waals surface area contributed by atoms with Gasteiger partial charge in [-0.05, 0) is 91.1 Å². The third kappa shape index (κ3) is 9.79. The van der Waals surface area contributed by atoms with Crippen LogP contribution in [-0.4, -0.2) is 24.3 Å². The van der Waals surface area contributed by atoms with Crippen LogP contribution in [0.5, 0.6) is 0 Å². The van der Waals surface area contributed by atoms with Crippen LogP contribution in [0.3, 0.4) is 0 Å². The van der Waals surface area contributed by atoms with Crippen LogP contribution in [0.15, 0.2) is 77.9 Å². The summed E-state index contributed by atoms with van der Waals surface area (Å²) in [4.78, 5) is 9.23. The molecule has 0 spiro atoms. The maximum absolute atomic E-state index is 12.2. The third-order valence-electron chi connectivity index (χ3n) is 6.26. The van der Waals surface area contributed by atoms with Crippen molar-refractivity contribution >= 4 is 17.0 Å². The van der Waals surface area contributed by atoms with Crippen LogP contribution < -0.4 is 5.32 Å². The van der Waals surface area contributed by atoms with E-state index in [1.165, 1.54) is 52.6 Å². The molecule has 0 unspecified atom stereocenters. The molecule has 0 aliphatic rings. The van der Waals surface area contributed by atoms with E-state index in [2.05, 4.69) is 77.7 Å². The number of aromatic nitrogens is 1. The van der Waals surface area contributed by atoms with E-state index in [1.807, 2.05) is 12.4 Å². The quantitative estimate of drug-likeness (QED) is 0.162. The Kier molecular flexibility index (Phi) is 12.1. The highest BCUT2D eigenvalue weighted by atomic mass is 19.1. The van der Waals surface area contributed by atoms with Crippen LogP contribution in [0.2, 0.25) is 0 Å². The zero-order chi connectivity index (χ0) is 27.2. The lowest BCUT2D eigenvalue weighted by atomic mass is 10.0. The zero-order valence-corrected chi connectivity index (χ0v) is 22.8. The molecule has 1 N–H and O–H groups in total. The van der Waals surface area contributed by atoms with Crippen molar-refractivity contribution in [2.24, 2.45) is 4.99 Å². The molecule has 0 saturated heterocycles. The number of pyridine rings is 1.